The van der Waals surface area contributed by atoms with Crippen molar-refractivity contribution in [2.45, 2.75) is 45.4 Å². The predicted molar refractivity (Wildman–Crippen MR) is 61.7 cm³/mol. The van der Waals surface area contributed by atoms with E-state index in [9.17, 15) is 4.79 Å². The maximum absolute atomic E-state index is 12.0. The van der Waals surface area contributed by atoms with Gasteiger partial charge in [0, 0.05) is 12.3 Å². The van der Waals surface area contributed by atoms with Gasteiger partial charge in [-0.1, -0.05) is 13.3 Å². The van der Waals surface area contributed by atoms with Crippen molar-refractivity contribution in [1.29, 1.82) is 0 Å². The van der Waals surface area contributed by atoms with Gasteiger partial charge in [0.2, 0.25) is 0 Å². The van der Waals surface area contributed by atoms with Crippen LogP contribution in [0.5, 0.6) is 0 Å². The number of piperidine rings is 1. The molecule has 1 N–H and O–H groups in total. The second-order valence-corrected chi connectivity index (χ2v) is 5.36. The molecule has 2 heteroatoms. The summed E-state index contributed by atoms with van der Waals surface area (Å²) in [4.78, 5) is 12.0. The first-order valence-electron chi connectivity index (χ1n) is 6.53. The number of carbonyl (C=O) groups excluding carboxylic acids is 1. The third-order valence-electron chi connectivity index (χ3n) is 4.00. The average Bonchev–Trinajstić information content (AvgIpc) is 2.25. The number of ketones is 1. The van der Waals surface area contributed by atoms with Crippen LogP contribution >= 0.6 is 0 Å². The minimum absolute atomic E-state index is 0.405. The van der Waals surface area contributed by atoms with Crippen molar-refractivity contribution in [2.24, 2.45) is 17.8 Å². The van der Waals surface area contributed by atoms with Crippen LogP contribution in [0.4, 0.5) is 0 Å². The summed E-state index contributed by atoms with van der Waals surface area (Å²) in [5.41, 5.74) is 0. The molecule has 1 heterocycles. The van der Waals surface area contributed by atoms with Crippen LogP contribution in [0.3, 0.4) is 0 Å². The van der Waals surface area contributed by atoms with E-state index in [0.717, 1.165) is 57.0 Å². The first-order chi connectivity index (χ1) is 7.29. The number of rotatable bonds is 4. The number of fused-ring (bicyclic) bond motifs is 2. The molecule has 1 aliphatic carbocycles. The molecule has 2 rings (SSSR count). The number of carbonyl (C=O) groups is 1. The monoisotopic (exact) mass is 209 g/mol. The van der Waals surface area contributed by atoms with E-state index in [2.05, 4.69) is 12.2 Å². The molecular weight excluding hydrogens is 186 g/mol. The van der Waals surface area contributed by atoms with Crippen LogP contribution < -0.4 is 5.32 Å². The van der Waals surface area contributed by atoms with Gasteiger partial charge >= 0.3 is 0 Å². The normalized spacial score (nSPS) is 35.1. The molecule has 1 aliphatic heterocycles. The van der Waals surface area contributed by atoms with E-state index in [-0.39, 0.29) is 0 Å². The van der Waals surface area contributed by atoms with E-state index >= 15 is 0 Å². The number of unbranched alkanes of at least 4 members (excludes halogenated alkanes) is 1. The highest BCUT2D eigenvalue weighted by molar-refractivity contribution is 5.81. The standard InChI is InChI=1S/C13H23NO/c1-2-3-4-13(15)12-6-10-5-11(7-12)9-14-8-10/h10-12,14H,2-9H2,1H3. The van der Waals surface area contributed by atoms with Gasteiger partial charge in [-0.25, -0.2) is 0 Å². The molecule has 1 saturated heterocycles. The molecule has 2 nitrogen and oxygen atoms in total. The summed E-state index contributed by atoms with van der Waals surface area (Å²) in [7, 11) is 0. The average molecular weight is 209 g/mol. The maximum atomic E-state index is 12.0. The van der Waals surface area contributed by atoms with Crippen molar-refractivity contribution in [3.05, 3.63) is 0 Å². The Balaban J connectivity index is 1.85. The molecule has 0 aromatic carbocycles. The molecule has 86 valence electrons. The second-order valence-electron chi connectivity index (χ2n) is 5.36. The third kappa shape index (κ3) is 2.81. The Hall–Kier alpha value is -0.370. The van der Waals surface area contributed by atoms with E-state index < -0.39 is 0 Å². The summed E-state index contributed by atoms with van der Waals surface area (Å²) in [6.07, 6.45) is 6.74. The minimum atomic E-state index is 0.405. The lowest BCUT2D eigenvalue weighted by Gasteiger charge is -2.38. The molecule has 0 aromatic rings. The van der Waals surface area contributed by atoms with Crippen molar-refractivity contribution in [2.75, 3.05) is 13.1 Å². The summed E-state index contributed by atoms with van der Waals surface area (Å²) in [6, 6.07) is 0. The molecule has 2 fully saturated rings. The summed E-state index contributed by atoms with van der Waals surface area (Å²) in [6.45, 7) is 4.45. The molecular formula is C13H23NO. The minimum Gasteiger partial charge on any atom is -0.316 e. The molecule has 15 heavy (non-hydrogen) atoms. The van der Waals surface area contributed by atoms with Crippen LogP contribution in [0.1, 0.15) is 45.4 Å². The van der Waals surface area contributed by atoms with Gasteiger partial charge in [0.05, 0.1) is 0 Å². The summed E-state index contributed by atoms with van der Waals surface area (Å²) >= 11 is 0. The fourth-order valence-corrected chi connectivity index (χ4v) is 3.21. The van der Waals surface area contributed by atoms with Crippen LogP contribution in [-0.4, -0.2) is 18.9 Å². The fraction of sp³-hybridized carbons (Fsp3) is 0.923. The highest BCUT2D eigenvalue weighted by Gasteiger charge is 2.34. The van der Waals surface area contributed by atoms with E-state index in [4.69, 9.17) is 0 Å². The molecule has 2 unspecified atom stereocenters. The number of hydrogen-bond donors (Lipinski definition) is 1. The van der Waals surface area contributed by atoms with Gasteiger partial charge in [-0.05, 0) is 50.6 Å². The Morgan fingerprint density at radius 3 is 2.47 bits per heavy atom. The Bertz CT molecular complexity index is 215. The van der Waals surface area contributed by atoms with Gasteiger partial charge in [0.25, 0.3) is 0 Å². The number of nitrogens with one attached hydrogen (secondary N) is 1. The summed E-state index contributed by atoms with van der Waals surface area (Å²) in [5.74, 6) is 2.53. The molecule has 2 aliphatic rings. The van der Waals surface area contributed by atoms with Crippen molar-refractivity contribution in [3.8, 4) is 0 Å². The molecule has 0 radical (unpaired) electrons. The lowest BCUT2D eigenvalue weighted by atomic mass is 9.71. The van der Waals surface area contributed by atoms with E-state index in [1.807, 2.05) is 0 Å². The topological polar surface area (TPSA) is 29.1 Å². The molecule has 0 spiro atoms. The maximum Gasteiger partial charge on any atom is 0.135 e. The fourth-order valence-electron chi connectivity index (χ4n) is 3.21. The van der Waals surface area contributed by atoms with Crippen LogP contribution in [0.15, 0.2) is 0 Å². The van der Waals surface area contributed by atoms with Gasteiger partial charge in [0.1, 0.15) is 5.78 Å². The zero-order valence-electron chi connectivity index (χ0n) is 9.80. The van der Waals surface area contributed by atoms with E-state index in [0.29, 0.717) is 11.7 Å². The van der Waals surface area contributed by atoms with Crippen LogP contribution in [-0.2, 0) is 4.79 Å². The number of Topliss-reactive ketones (excluding diaryl/α,β-unsaturated/α-hetero) is 1. The lowest BCUT2D eigenvalue weighted by molar-refractivity contribution is -0.125. The highest BCUT2D eigenvalue weighted by atomic mass is 16.1. The molecule has 2 bridgehead atoms. The van der Waals surface area contributed by atoms with Crippen molar-refractivity contribution in [3.63, 3.8) is 0 Å². The first-order valence-corrected chi connectivity index (χ1v) is 6.53. The molecule has 2 atom stereocenters. The Labute approximate surface area is 92.8 Å². The molecule has 0 amide bonds. The predicted octanol–water partition coefficient (Wildman–Crippen LogP) is 2.38. The Morgan fingerprint density at radius 1 is 1.20 bits per heavy atom. The van der Waals surface area contributed by atoms with Crippen molar-refractivity contribution >= 4 is 5.78 Å². The first kappa shape index (κ1) is 11.1. The van der Waals surface area contributed by atoms with Crippen LogP contribution in [0.2, 0.25) is 0 Å². The third-order valence-corrected chi connectivity index (χ3v) is 4.00. The van der Waals surface area contributed by atoms with Crippen LogP contribution in [0.25, 0.3) is 0 Å². The summed E-state index contributed by atoms with van der Waals surface area (Å²) < 4.78 is 0. The van der Waals surface area contributed by atoms with E-state index in [1.54, 1.807) is 0 Å². The van der Waals surface area contributed by atoms with Crippen molar-refractivity contribution in [1.82, 2.24) is 5.32 Å². The highest BCUT2D eigenvalue weighted by Crippen LogP contribution is 2.36. The summed E-state index contributed by atoms with van der Waals surface area (Å²) in [5, 5.41) is 3.48. The number of hydrogen-bond acceptors (Lipinski definition) is 2. The van der Waals surface area contributed by atoms with Gasteiger partial charge in [-0.3, -0.25) is 4.79 Å². The Morgan fingerprint density at radius 2 is 1.87 bits per heavy atom. The zero-order valence-corrected chi connectivity index (χ0v) is 9.80. The smallest absolute Gasteiger partial charge is 0.135 e. The zero-order chi connectivity index (χ0) is 10.7. The second kappa shape index (κ2) is 5.11. The van der Waals surface area contributed by atoms with Crippen molar-refractivity contribution < 1.29 is 4.79 Å². The lowest BCUT2D eigenvalue weighted by Crippen LogP contribution is -2.43. The quantitative estimate of drug-likeness (QED) is 0.770. The molecule has 1 saturated carbocycles. The van der Waals surface area contributed by atoms with E-state index in [1.165, 1.54) is 6.42 Å². The van der Waals surface area contributed by atoms with Gasteiger partial charge in [-0.2, -0.15) is 0 Å². The molecule has 0 aromatic heterocycles. The SMILES string of the molecule is CCCCC(=O)C1CC2CNCC(C2)C1. The van der Waals surface area contributed by atoms with Crippen LogP contribution in [0, 0.1) is 17.8 Å². The largest absolute Gasteiger partial charge is 0.316 e. The van der Waals surface area contributed by atoms with Gasteiger partial charge < -0.3 is 5.32 Å². The van der Waals surface area contributed by atoms with Gasteiger partial charge in [0.15, 0.2) is 0 Å². The van der Waals surface area contributed by atoms with Gasteiger partial charge in [-0.15, -0.1) is 0 Å². The Kier molecular flexibility index (Phi) is 3.79.